The Kier molecular flexibility index (Phi) is 8.56. The third kappa shape index (κ3) is 6.04. The van der Waals surface area contributed by atoms with E-state index in [4.69, 9.17) is 9.72 Å². The monoisotopic (exact) mass is 942 g/mol. The first-order valence-corrected chi connectivity index (χ1v) is 20.4. The zero-order valence-electron chi connectivity index (χ0n) is 31.4. The summed E-state index contributed by atoms with van der Waals surface area (Å²) in [6.45, 7) is 0. The Labute approximate surface area is 349 Å². The van der Waals surface area contributed by atoms with Crippen LogP contribution in [0.4, 0.5) is 0 Å². The summed E-state index contributed by atoms with van der Waals surface area (Å²) >= 11 is 2.48. The van der Waals surface area contributed by atoms with Crippen LogP contribution in [0.1, 0.15) is 0 Å². The number of hydrogen-bond acceptors (Lipinski definition) is 4. The molecule has 7 aromatic carbocycles. The number of imidazole rings is 1. The van der Waals surface area contributed by atoms with Crippen molar-refractivity contribution in [1.82, 2.24) is 33.7 Å². The fourth-order valence-electron chi connectivity index (χ4n) is 8.12. The molecule has 4 heterocycles. The van der Waals surface area contributed by atoms with Gasteiger partial charge in [0.25, 0.3) is 0 Å². The second kappa shape index (κ2) is 14.5. The summed E-state index contributed by atoms with van der Waals surface area (Å²) in [6.07, 6.45) is 5.11. The molecule has 0 aliphatic rings. The van der Waals surface area contributed by atoms with E-state index in [-0.39, 0.29) is 0 Å². The quantitative estimate of drug-likeness (QED) is 0.152. The van der Waals surface area contributed by atoms with Crippen molar-refractivity contribution < 1.29 is 24.1 Å². The number of hydrogen-bond donors (Lipinski definition) is 0. The Hall–Kier alpha value is -7.41. The van der Waals surface area contributed by atoms with Crippen LogP contribution < -0.4 is 4.74 Å². The SMILES string of the molecule is [Pt]=[c]1n(-c2cccc(Oc3ccc4c5ccccc5n(-c5ccc(-n6nccn6)cn5)c4c3)c2)c2ccccc2n1-c1c(-c2ccccc2)cccc1-c1ccccc1. The molecule has 0 amide bonds. The van der Waals surface area contributed by atoms with Crippen molar-refractivity contribution in [2.75, 3.05) is 0 Å². The molecule has 0 atom stereocenters. The number of pyridine rings is 1. The normalized spacial score (nSPS) is 11.5. The standard InChI is InChI=1S/C50H33N7O.Pt/c1-3-13-35(14-4-1)41-20-12-21-42(36-15-5-2-6-16-36)50(41)55-34-54(46-23-9-10-24-47(46)55)37-17-11-18-39(31-37)58-40-26-27-44-43-19-7-8-22-45(43)56(48(44)32-40)49-28-25-38(33-51-49)57-52-29-30-53-57;/h1-33H;. The molecular weight excluding hydrogens is 910 g/mol. The number of ether oxygens (including phenoxy) is 1. The van der Waals surface area contributed by atoms with Crippen molar-refractivity contribution in [3.8, 4) is 56.6 Å². The Morgan fingerprint density at radius 3 is 1.75 bits per heavy atom. The van der Waals surface area contributed by atoms with E-state index >= 15 is 0 Å². The topological polar surface area (TPSA) is 67.6 Å². The van der Waals surface area contributed by atoms with Crippen LogP contribution >= 0.6 is 0 Å². The van der Waals surface area contributed by atoms with Gasteiger partial charge in [-0.2, -0.15) is 15.0 Å². The summed E-state index contributed by atoms with van der Waals surface area (Å²) < 4.78 is 14.7. The molecule has 0 N–H and O–H groups in total. The van der Waals surface area contributed by atoms with Crippen molar-refractivity contribution >= 4 is 32.8 Å². The van der Waals surface area contributed by atoms with Gasteiger partial charge in [0.15, 0.2) is 0 Å². The Bertz CT molecular complexity index is 3310. The molecule has 0 aliphatic heterocycles. The summed E-state index contributed by atoms with van der Waals surface area (Å²) in [5, 5.41) is 10.8. The average Bonchev–Trinajstić information content (AvgIpc) is 4.02. The minimum atomic E-state index is 0.725. The van der Waals surface area contributed by atoms with E-state index in [1.54, 1.807) is 23.4 Å². The number of fused-ring (bicyclic) bond motifs is 4. The molecular formula is C50H33N7OPt. The van der Waals surface area contributed by atoms with Crippen LogP contribution in [-0.4, -0.2) is 33.7 Å². The van der Waals surface area contributed by atoms with Gasteiger partial charge in [-0.05, 0) is 6.07 Å². The molecule has 0 aliphatic carbocycles. The zero-order valence-corrected chi connectivity index (χ0v) is 33.7. The van der Waals surface area contributed by atoms with Crippen molar-refractivity contribution in [3.63, 3.8) is 0 Å². The van der Waals surface area contributed by atoms with E-state index in [0.717, 1.165) is 93.3 Å². The average molecular weight is 943 g/mol. The molecule has 0 fully saturated rings. The summed E-state index contributed by atoms with van der Waals surface area (Å²) in [7, 11) is 0. The Balaban J connectivity index is 1.03. The Morgan fingerprint density at radius 1 is 0.441 bits per heavy atom. The minimum absolute atomic E-state index is 0.725. The molecule has 0 unspecified atom stereocenters. The number of aromatic nitrogens is 7. The van der Waals surface area contributed by atoms with E-state index in [1.807, 2.05) is 24.3 Å². The molecule has 11 aromatic rings. The number of para-hydroxylation sites is 4. The van der Waals surface area contributed by atoms with Gasteiger partial charge >= 0.3 is 294 Å². The van der Waals surface area contributed by atoms with Gasteiger partial charge in [-0.3, -0.25) is 0 Å². The van der Waals surface area contributed by atoms with Gasteiger partial charge in [0.1, 0.15) is 5.69 Å². The van der Waals surface area contributed by atoms with Gasteiger partial charge < -0.3 is 0 Å². The van der Waals surface area contributed by atoms with Crippen LogP contribution in [0.5, 0.6) is 11.5 Å². The fourth-order valence-corrected chi connectivity index (χ4v) is 9.21. The molecule has 0 bridgehead atoms. The van der Waals surface area contributed by atoms with Gasteiger partial charge in [-0.15, -0.1) is 0 Å². The van der Waals surface area contributed by atoms with E-state index in [0.29, 0.717) is 0 Å². The summed E-state index contributed by atoms with van der Waals surface area (Å²) in [5.41, 5.74) is 11.8. The van der Waals surface area contributed by atoms with Crippen molar-refractivity contribution in [2.24, 2.45) is 0 Å². The maximum atomic E-state index is 6.72. The number of rotatable bonds is 8. The Morgan fingerprint density at radius 2 is 1.05 bits per heavy atom. The van der Waals surface area contributed by atoms with E-state index in [2.05, 4.69) is 201 Å². The molecule has 0 saturated heterocycles. The third-order valence-electron chi connectivity index (χ3n) is 10.7. The molecule has 0 radical (unpaired) electrons. The van der Waals surface area contributed by atoms with E-state index in [9.17, 15) is 0 Å². The number of benzene rings is 7. The van der Waals surface area contributed by atoms with Crippen molar-refractivity contribution in [2.45, 2.75) is 0 Å². The fraction of sp³-hybridized carbons (Fsp3) is 0. The van der Waals surface area contributed by atoms with Crippen LogP contribution in [0, 0.1) is 3.80 Å². The zero-order chi connectivity index (χ0) is 39.3. The second-order valence-corrected chi connectivity index (χ2v) is 15.2. The predicted molar refractivity (Wildman–Crippen MR) is 230 cm³/mol. The summed E-state index contributed by atoms with van der Waals surface area (Å²) in [5.74, 6) is 2.24. The van der Waals surface area contributed by atoms with Crippen LogP contribution in [0.15, 0.2) is 201 Å². The van der Waals surface area contributed by atoms with Crippen molar-refractivity contribution in [3.05, 3.63) is 204 Å². The van der Waals surface area contributed by atoms with Crippen LogP contribution in [0.2, 0.25) is 0 Å². The first kappa shape index (κ1) is 34.8. The first-order valence-electron chi connectivity index (χ1n) is 19.3. The van der Waals surface area contributed by atoms with Gasteiger partial charge in [-0.25, -0.2) is 0 Å². The second-order valence-electron chi connectivity index (χ2n) is 14.2. The molecule has 11 rings (SSSR count). The number of nitrogens with zero attached hydrogens (tertiary/aromatic N) is 7. The molecule has 9 heteroatoms. The molecule has 59 heavy (non-hydrogen) atoms. The van der Waals surface area contributed by atoms with Crippen LogP contribution in [0.3, 0.4) is 0 Å². The molecule has 4 aromatic heterocycles. The van der Waals surface area contributed by atoms with Crippen LogP contribution in [-0.2, 0) is 19.4 Å². The molecule has 8 nitrogen and oxygen atoms in total. The first-order chi connectivity index (χ1) is 29.2. The van der Waals surface area contributed by atoms with Gasteiger partial charge in [0.2, 0.25) is 0 Å². The van der Waals surface area contributed by atoms with Crippen LogP contribution in [0.25, 0.3) is 78.0 Å². The predicted octanol–water partition coefficient (Wildman–Crippen LogP) is 11.7. The maximum absolute atomic E-state index is 6.72. The third-order valence-corrected chi connectivity index (χ3v) is 11.7. The van der Waals surface area contributed by atoms with Crippen molar-refractivity contribution in [1.29, 1.82) is 0 Å². The van der Waals surface area contributed by atoms with E-state index in [1.165, 1.54) is 0 Å². The van der Waals surface area contributed by atoms with Gasteiger partial charge in [-0.1, -0.05) is 12.1 Å². The van der Waals surface area contributed by atoms with Gasteiger partial charge in [0.05, 0.1) is 18.6 Å². The van der Waals surface area contributed by atoms with E-state index < -0.39 is 0 Å². The molecule has 0 spiro atoms. The summed E-state index contributed by atoms with van der Waals surface area (Å²) in [6, 6.07) is 63.5. The summed E-state index contributed by atoms with van der Waals surface area (Å²) in [4.78, 5) is 6.42. The molecule has 284 valence electrons. The van der Waals surface area contributed by atoms with Gasteiger partial charge in [0, 0.05) is 0 Å². The molecule has 0 saturated carbocycles.